The van der Waals surface area contributed by atoms with Crippen LogP contribution >= 0.6 is 11.6 Å². The quantitative estimate of drug-likeness (QED) is 0.721. The summed E-state index contributed by atoms with van der Waals surface area (Å²) in [5, 5.41) is 13.0. The monoisotopic (exact) mass is 308 g/mol. The van der Waals surface area contributed by atoms with Gasteiger partial charge in [0.15, 0.2) is 5.75 Å². The number of methoxy groups -OCH3 is 1. The molecule has 21 heavy (non-hydrogen) atoms. The lowest BCUT2D eigenvalue weighted by Crippen LogP contribution is -2.02. The fourth-order valence-corrected chi connectivity index (χ4v) is 2.08. The van der Waals surface area contributed by atoms with Crippen molar-refractivity contribution in [2.75, 3.05) is 7.11 Å². The third kappa shape index (κ3) is 2.48. The van der Waals surface area contributed by atoms with Gasteiger partial charge in [-0.3, -0.25) is 0 Å². The zero-order valence-electron chi connectivity index (χ0n) is 10.7. The molecule has 2 aromatic heterocycles. The third-order valence-corrected chi connectivity index (χ3v) is 3.02. The van der Waals surface area contributed by atoms with Crippen LogP contribution in [0.1, 0.15) is 0 Å². The van der Waals surface area contributed by atoms with Crippen molar-refractivity contribution in [2.24, 2.45) is 0 Å². The minimum atomic E-state index is -1.41. The van der Waals surface area contributed by atoms with Crippen LogP contribution in [0.4, 0.5) is 4.79 Å². The molecule has 0 radical (unpaired) electrons. The SMILES string of the molecule is COc1cc2nc(-n3cc(OC(=O)O)cn3)[nH]c2cc1Cl. The van der Waals surface area contributed by atoms with Gasteiger partial charge in [0, 0.05) is 6.07 Å². The molecular weight excluding hydrogens is 300 g/mol. The van der Waals surface area contributed by atoms with Crippen LogP contribution in [0.25, 0.3) is 17.0 Å². The molecule has 0 atom stereocenters. The van der Waals surface area contributed by atoms with E-state index in [1.807, 2.05) is 0 Å². The Kier molecular flexibility index (Phi) is 3.15. The van der Waals surface area contributed by atoms with Crippen molar-refractivity contribution in [3.8, 4) is 17.4 Å². The summed E-state index contributed by atoms with van der Waals surface area (Å²) in [5.74, 6) is 1.01. The fourth-order valence-electron chi connectivity index (χ4n) is 1.84. The molecule has 0 amide bonds. The molecule has 0 bridgehead atoms. The van der Waals surface area contributed by atoms with E-state index >= 15 is 0 Å². The van der Waals surface area contributed by atoms with Gasteiger partial charge in [0.1, 0.15) is 5.75 Å². The first kappa shape index (κ1) is 13.3. The summed E-state index contributed by atoms with van der Waals surface area (Å²) in [4.78, 5) is 17.8. The first-order chi connectivity index (χ1) is 10.1. The summed E-state index contributed by atoms with van der Waals surface area (Å²) in [6.45, 7) is 0. The van der Waals surface area contributed by atoms with Gasteiger partial charge in [-0.05, 0) is 6.07 Å². The van der Waals surface area contributed by atoms with Gasteiger partial charge in [0.2, 0.25) is 5.95 Å². The number of imidazole rings is 1. The number of rotatable bonds is 3. The lowest BCUT2D eigenvalue weighted by Gasteiger charge is -2.00. The number of benzene rings is 1. The van der Waals surface area contributed by atoms with Crippen molar-refractivity contribution < 1.29 is 19.4 Å². The van der Waals surface area contributed by atoms with Gasteiger partial charge in [0.25, 0.3) is 0 Å². The molecule has 0 fully saturated rings. The summed E-state index contributed by atoms with van der Waals surface area (Å²) in [7, 11) is 1.52. The number of fused-ring (bicyclic) bond motifs is 1. The molecule has 9 heteroatoms. The molecule has 0 aliphatic rings. The number of carbonyl (C=O) groups is 1. The number of hydrogen-bond donors (Lipinski definition) is 2. The molecule has 2 N–H and O–H groups in total. The van der Waals surface area contributed by atoms with Crippen LogP contribution in [0.3, 0.4) is 0 Å². The summed E-state index contributed by atoms with van der Waals surface area (Å²) in [6, 6.07) is 3.38. The Bertz CT molecular complexity index is 826. The predicted octanol–water partition coefficient (Wildman–Crippen LogP) is 2.47. The van der Waals surface area contributed by atoms with E-state index in [9.17, 15) is 4.79 Å². The Morgan fingerprint density at radius 2 is 2.29 bits per heavy atom. The van der Waals surface area contributed by atoms with Gasteiger partial charge in [-0.15, -0.1) is 0 Å². The molecule has 8 nitrogen and oxygen atoms in total. The van der Waals surface area contributed by atoms with Gasteiger partial charge in [-0.25, -0.2) is 14.5 Å². The highest BCUT2D eigenvalue weighted by atomic mass is 35.5. The van der Waals surface area contributed by atoms with Crippen molar-refractivity contribution in [1.82, 2.24) is 19.7 Å². The van der Waals surface area contributed by atoms with E-state index < -0.39 is 6.16 Å². The van der Waals surface area contributed by atoms with Crippen molar-refractivity contribution in [3.05, 3.63) is 29.5 Å². The van der Waals surface area contributed by atoms with E-state index in [-0.39, 0.29) is 5.75 Å². The molecule has 2 heterocycles. The van der Waals surface area contributed by atoms with Crippen molar-refractivity contribution in [1.29, 1.82) is 0 Å². The van der Waals surface area contributed by atoms with E-state index in [0.29, 0.717) is 27.8 Å². The van der Waals surface area contributed by atoms with Crippen LogP contribution in [0.2, 0.25) is 5.02 Å². The zero-order valence-corrected chi connectivity index (χ0v) is 11.5. The zero-order chi connectivity index (χ0) is 15.0. The normalized spacial score (nSPS) is 10.8. The molecular formula is C12H9ClN4O4. The Hall–Kier alpha value is -2.74. The maximum atomic E-state index is 10.5. The highest BCUT2D eigenvalue weighted by molar-refractivity contribution is 6.32. The molecule has 3 aromatic rings. The number of aromatic amines is 1. The maximum absolute atomic E-state index is 10.5. The molecule has 0 aliphatic heterocycles. The molecule has 1 aromatic carbocycles. The minimum Gasteiger partial charge on any atom is -0.495 e. The van der Waals surface area contributed by atoms with E-state index in [0.717, 1.165) is 0 Å². The van der Waals surface area contributed by atoms with E-state index in [1.54, 1.807) is 12.1 Å². The molecule has 108 valence electrons. The first-order valence-corrected chi connectivity index (χ1v) is 6.13. The molecule has 0 aliphatic carbocycles. The predicted molar refractivity (Wildman–Crippen MR) is 73.4 cm³/mol. The summed E-state index contributed by atoms with van der Waals surface area (Å²) in [5.41, 5.74) is 1.34. The number of nitrogens with one attached hydrogen (secondary N) is 1. The molecule has 0 saturated carbocycles. The van der Waals surface area contributed by atoms with Crippen LogP contribution < -0.4 is 9.47 Å². The molecule has 0 spiro atoms. The molecule has 3 rings (SSSR count). The standard InChI is InChI=1S/C12H9ClN4O4/c1-20-10-3-9-8(2-7(10)13)15-11(16-9)17-5-6(4-14-17)21-12(18)19/h2-5H,1H3,(H,15,16)(H,18,19). The van der Waals surface area contributed by atoms with Crippen molar-refractivity contribution in [2.45, 2.75) is 0 Å². The Labute approximate surface area is 122 Å². The lowest BCUT2D eigenvalue weighted by atomic mass is 10.3. The lowest BCUT2D eigenvalue weighted by molar-refractivity contribution is 0.144. The largest absolute Gasteiger partial charge is 0.511 e. The van der Waals surface area contributed by atoms with Crippen LogP contribution in [0.5, 0.6) is 11.5 Å². The van der Waals surface area contributed by atoms with Crippen LogP contribution in [0.15, 0.2) is 24.5 Å². The Morgan fingerprint density at radius 1 is 1.48 bits per heavy atom. The smallest absolute Gasteiger partial charge is 0.495 e. The number of H-pyrrole nitrogens is 1. The number of carboxylic acid groups (broad SMARTS) is 1. The Balaban J connectivity index is 2.00. The minimum absolute atomic E-state index is 0.0959. The second-order valence-electron chi connectivity index (χ2n) is 4.05. The fraction of sp³-hybridized carbons (Fsp3) is 0.0833. The van der Waals surface area contributed by atoms with Crippen molar-refractivity contribution >= 4 is 28.8 Å². The molecule has 0 saturated heterocycles. The van der Waals surface area contributed by atoms with E-state index in [4.69, 9.17) is 21.4 Å². The van der Waals surface area contributed by atoms with E-state index in [1.165, 1.54) is 24.2 Å². The summed E-state index contributed by atoms with van der Waals surface area (Å²) < 4.78 is 11.0. The van der Waals surface area contributed by atoms with Gasteiger partial charge in [0.05, 0.1) is 35.6 Å². The number of nitrogens with zero attached hydrogens (tertiary/aromatic N) is 3. The number of aromatic nitrogens is 4. The number of hydrogen-bond acceptors (Lipinski definition) is 5. The van der Waals surface area contributed by atoms with Gasteiger partial charge in [-0.2, -0.15) is 5.10 Å². The first-order valence-electron chi connectivity index (χ1n) is 5.76. The second kappa shape index (κ2) is 4.98. The summed E-state index contributed by atoms with van der Waals surface area (Å²) >= 11 is 6.04. The van der Waals surface area contributed by atoms with E-state index in [2.05, 4.69) is 19.8 Å². The van der Waals surface area contributed by atoms with Crippen LogP contribution in [-0.4, -0.2) is 38.1 Å². The highest BCUT2D eigenvalue weighted by Gasteiger charge is 2.11. The van der Waals surface area contributed by atoms with Gasteiger partial charge < -0.3 is 19.6 Å². The van der Waals surface area contributed by atoms with Gasteiger partial charge in [-0.1, -0.05) is 11.6 Å². The van der Waals surface area contributed by atoms with Crippen LogP contribution in [-0.2, 0) is 0 Å². The maximum Gasteiger partial charge on any atom is 0.511 e. The third-order valence-electron chi connectivity index (χ3n) is 2.72. The average molecular weight is 309 g/mol. The average Bonchev–Trinajstić information content (AvgIpc) is 3.03. The summed E-state index contributed by atoms with van der Waals surface area (Å²) in [6.07, 6.45) is 1.26. The number of ether oxygens (including phenoxy) is 2. The van der Waals surface area contributed by atoms with Gasteiger partial charge >= 0.3 is 6.16 Å². The second-order valence-corrected chi connectivity index (χ2v) is 4.46. The van der Waals surface area contributed by atoms with Crippen LogP contribution in [0, 0.1) is 0 Å². The topological polar surface area (TPSA) is 102 Å². The van der Waals surface area contributed by atoms with Crippen molar-refractivity contribution in [3.63, 3.8) is 0 Å². The highest BCUT2D eigenvalue weighted by Crippen LogP contribution is 2.29. The molecule has 0 unspecified atom stereocenters. The Morgan fingerprint density at radius 3 is 3.00 bits per heavy atom. The number of halogens is 1.